The molecule has 0 radical (unpaired) electrons. The van der Waals surface area contributed by atoms with Crippen LogP contribution in [0.25, 0.3) is 0 Å². The van der Waals surface area contributed by atoms with E-state index in [1.165, 1.54) is 4.90 Å². The third-order valence-corrected chi connectivity index (χ3v) is 2.86. The first-order chi connectivity index (χ1) is 7.76. The summed E-state index contributed by atoms with van der Waals surface area (Å²) < 4.78 is 0. The third-order valence-electron chi connectivity index (χ3n) is 1.96. The molecule has 0 saturated heterocycles. The number of nitriles is 1. The topological polar surface area (TPSA) is 52.9 Å². The molecule has 1 aromatic carbocycles. The van der Waals surface area contributed by atoms with Gasteiger partial charge >= 0.3 is 0 Å². The molecule has 1 N–H and O–H groups in total. The average molecular weight is 234 g/mol. The van der Waals surface area contributed by atoms with Crippen LogP contribution in [-0.2, 0) is 11.3 Å². The summed E-state index contributed by atoms with van der Waals surface area (Å²) in [5, 5.41) is 11.0. The molecule has 0 aliphatic heterocycles. The second kappa shape index (κ2) is 6.91. The fraction of sp³-hybridized carbons (Fsp3) is 0.333. The maximum absolute atomic E-state index is 11.0. The van der Waals surface area contributed by atoms with Crippen molar-refractivity contribution in [1.82, 2.24) is 5.32 Å². The summed E-state index contributed by atoms with van der Waals surface area (Å²) in [5.41, 5.74) is 1.05. The number of hydrogen-bond acceptors (Lipinski definition) is 3. The lowest BCUT2D eigenvalue weighted by Crippen LogP contribution is -2.21. The molecule has 0 heterocycles. The zero-order valence-electron chi connectivity index (χ0n) is 9.19. The fourth-order valence-electron chi connectivity index (χ4n) is 1.21. The van der Waals surface area contributed by atoms with Crippen molar-refractivity contribution in [3.05, 3.63) is 29.8 Å². The van der Waals surface area contributed by atoms with Gasteiger partial charge in [-0.05, 0) is 23.4 Å². The number of nitrogens with zero attached hydrogens (tertiary/aromatic N) is 1. The van der Waals surface area contributed by atoms with Gasteiger partial charge in [-0.25, -0.2) is 0 Å². The summed E-state index contributed by atoms with van der Waals surface area (Å²) in [6, 6.07) is 9.88. The summed E-state index contributed by atoms with van der Waals surface area (Å²) in [4.78, 5) is 12.3. The van der Waals surface area contributed by atoms with Crippen molar-refractivity contribution in [2.45, 2.75) is 24.8 Å². The van der Waals surface area contributed by atoms with Gasteiger partial charge in [-0.15, -0.1) is 11.8 Å². The maximum atomic E-state index is 11.0. The van der Waals surface area contributed by atoms with E-state index in [1.807, 2.05) is 30.3 Å². The van der Waals surface area contributed by atoms with Crippen LogP contribution < -0.4 is 5.32 Å². The van der Waals surface area contributed by atoms with Crippen LogP contribution in [0.15, 0.2) is 29.2 Å². The Morgan fingerprint density at radius 2 is 2.12 bits per heavy atom. The van der Waals surface area contributed by atoms with Crippen molar-refractivity contribution >= 4 is 17.7 Å². The minimum absolute atomic E-state index is 0.0796. The number of hydrogen-bond donors (Lipinski definition) is 1. The van der Waals surface area contributed by atoms with Crippen molar-refractivity contribution in [2.24, 2.45) is 0 Å². The highest BCUT2D eigenvalue weighted by atomic mass is 32.2. The van der Waals surface area contributed by atoms with Gasteiger partial charge in [0.25, 0.3) is 0 Å². The Morgan fingerprint density at radius 1 is 1.44 bits per heavy atom. The fourth-order valence-corrected chi connectivity index (χ4v) is 1.87. The summed E-state index contributed by atoms with van der Waals surface area (Å²) in [5.74, 6) is 0.827. The van der Waals surface area contributed by atoms with Crippen LogP contribution >= 0.6 is 11.8 Å². The van der Waals surface area contributed by atoms with E-state index in [2.05, 4.69) is 12.2 Å². The van der Waals surface area contributed by atoms with Crippen LogP contribution in [0.5, 0.6) is 0 Å². The largest absolute Gasteiger partial charge is 0.351 e. The summed E-state index contributed by atoms with van der Waals surface area (Å²) in [7, 11) is 0. The predicted octanol–water partition coefficient (Wildman–Crippen LogP) is 2.33. The van der Waals surface area contributed by atoms with Gasteiger partial charge in [0, 0.05) is 11.4 Å². The minimum Gasteiger partial charge on any atom is -0.351 e. The highest BCUT2D eigenvalue weighted by Gasteiger charge is 1.99. The second-order valence-electron chi connectivity index (χ2n) is 3.19. The van der Waals surface area contributed by atoms with Gasteiger partial charge < -0.3 is 5.32 Å². The van der Waals surface area contributed by atoms with Crippen LogP contribution in [-0.4, -0.2) is 11.7 Å². The maximum Gasteiger partial charge on any atom is 0.234 e. The Morgan fingerprint density at radius 3 is 2.69 bits per heavy atom. The second-order valence-corrected chi connectivity index (χ2v) is 4.53. The minimum atomic E-state index is -0.227. The first-order valence-electron chi connectivity index (χ1n) is 5.11. The van der Waals surface area contributed by atoms with Crippen LogP contribution in [0.1, 0.15) is 18.9 Å². The van der Waals surface area contributed by atoms with Crippen LogP contribution in [0, 0.1) is 11.3 Å². The van der Waals surface area contributed by atoms with Crippen molar-refractivity contribution in [2.75, 3.05) is 5.75 Å². The van der Waals surface area contributed by atoms with Gasteiger partial charge in [0.2, 0.25) is 5.91 Å². The number of rotatable bonds is 5. The molecular weight excluding hydrogens is 220 g/mol. The van der Waals surface area contributed by atoms with Crippen molar-refractivity contribution in [3.8, 4) is 6.07 Å². The molecule has 0 atom stereocenters. The van der Waals surface area contributed by atoms with E-state index < -0.39 is 0 Å². The Kier molecular flexibility index (Phi) is 5.44. The first-order valence-corrected chi connectivity index (χ1v) is 6.10. The zero-order chi connectivity index (χ0) is 11.8. The number of carbonyl (C=O) groups excluding carboxylic acids is 1. The molecule has 0 saturated carbocycles. The molecule has 1 aromatic rings. The molecule has 16 heavy (non-hydrogen) atoms. The van der Waals surface area contributed by atoms with E-state index in [1.54, 1.807) is 11.8 Å². The molecule has 0 aromatic heterocycles. The van der Waals surface area contributed by atoms with E-state index >= 15 is 0 Å². The van der Waals surface area contributed by atoms with Gasteiger partial charge in [0.05, 0.1) is 6.07 Å². The van der Waals surface area contributed by atoms with Crippen molar-refractivity contribution in [1.29, 1.82) is 5.26 Å². The number of amides is 1. The van der Waals surface area contributed by atoms with E-state index in [9.17, 15) is 4.79 Å². The van der Waals surface area contributed by atoms with Crippen LogP contribution in [0.2, 0.25) is 0 Å². The number of benzene rings is 1. The lowest BCUT2D eigenvalue weighted by molar-refractivity contribution is -0.120. The van der Waals surface area contributed by atoms with Crippen molar-refractivity contribution < 1.29 is 4.79 Å². The number of thioether (sulfide) groups is 1. The predicted molar refractivity (Wildman–Crippen MR) is 64.9 cm³/mol. The molecular formula is C12H14N2OS. The standard InChI is InChI=1S/C12H14N2OS/c1-2-16-11-5-3-10(4-6-11)9-14-12(15)7-8-13/h3-6H,2,7,9H2,1H3,(H,14,15). The summed E-state index contributed by atoms with van der Waals surface area (Å²) in [6.07, 6.45) is -0.0796. The Labute approximate surface area is 99.8 Å². The van der Waals surface area contributed by atoms with Crippen LogP contribution in [0.3, 0.4) is 0 Å². The lowest BCUT2D eigenvalue weighted by Gasteiger charge is -2.04. The molecule has 4 heteroatoms. The normalized spacial score (nSPS) is 9.50. The molecule has 0 unspecified atom stereocenters. The Hall–Kier alpha value is -1.47. The summed E-state index contributed by atoms with van der Waals surface area (Å²) >= 11 is 1.79. The first kappa shape index (κ1) is 12.6. The molecule has 84 valence electrons. The number of carbonyl (C=O) groups is 1. The quantitative estimate of drug-likeness (QED) is 0.795. The lowest BCUT2D eigenvalue weighted by atomic mass is 10.2. The molecule has 0 spiro atoms. The van der Waals surface area contributed by atoms with E-state index in [-0.39, 0.29) is 12.3 Å². The molecule has 1 rings (SSSR count). The SMILES string of the molecule is CCSc1ccc(CNC(=O)CC#N)cc1. The van der Waals surface area contributed by atoms with E-state index in [0.29, 0.717) is 6.54 Å². The van der Waals surface area contributed by atoms with Gasteiger partial charge in [0.1, 0.15) is 6.42 Å². The van der Waals surface area contributed by atoms with Gasteiger partial charge in [-0.3, -0.25) is 4.79 Å². The van der Waals surface area contributed by atoms with Gasteiger partial charge in [-0.1, -0.05) is 19.1 Å². The smallest absolute Gasteiger partial charge is 0.234 e. The molecule has 0 fully saturated rings. The molecule has 0 bridgehead atoms. The molecule has 0 aliphatic carbocycles. The third kappa shape index (κ3) is 4.37. The zero-order valence-corrected chi connectivity index (χ0v) is 10.0. The van der Waals surface area contributed by atoms with Crippen molar-refractivity contribution in [3.63, 3.8) is 0 Å². The number of nitrogens with one attached hydrogen (secondary N) is 1. The molecule has 3 nitrogen and oxygen atoms in total. The van der Waals surface area contributed by atoms with Gasteiger partial charge in [0.15, 0.2) is 0 Å². The average Bonchev–Trinajstić information content (AvgIpc) is 2.29. The van der Waals surface area contributed by atoms with E-state index in [4.69, 9.17) is 5.26 Å². The highest BCUT2D eigenvalue weighted by Crippen LogP contribution is 2.17. The monoisotopic (exact) mass is 234 g/mol. The highest BCUT2D eigenvalue weighted by molar-refractivity contribution is 7.99. The Balaban J connectivity index is 2.43. The van der Waals surface area contributed by atoms with E-state index in [0.717, 1.165) is 11.3 Å². The van der Waals surface area contributed by atoms with Crippen LogP contribution in [0.4, 0.5) is 0 Å². The Bertz CT molecular complexity index is 381. The van der Waals surface area contributed by atoms with Gasteiger partial charge in [-0.2, -0.15) is 5.26 Å². The molecule has 0 aliphatic rings. The summed E-state index contributed by atoms with van der Waals surface area (Å²) in [6.45, 7) is 2.60. The molecule has 1 amide bonds.